The van der Waals surface area contributed by atoms with E-state index in [1.165, 1.54) is 27.8 Å². The molecular weight excluding hydrogens is 435 g/mol. The summed E-state index contributed by atoms with van der Waals surface area (Å²) in [6.07, 6.45) is -5.16. The molecule has 1 aliphatic rings. The van der Waals surface area contributed by atoms with Crippen molar-refractivity contribution >= 4 is 17.0 Å². The lowest BCUT2D eigenvalue weighted by Crippen LogP contribution is -2.27. The Morgan fingerprint density at radius 2 is 1.81 bits per heavy atom. The number of hydrogen-bond acceptors (Lipinski definition) is 6. The average Bonchev–Trinajstić information content (AvgIpc) is 3.23. The molecule has 3 aromatic rings. The highest BCUT2D eigenvalue weighted by molar-refractivity contribution is 5.83. The van der Waals surface area contributed by atoms with Crippen LogP contribution in [0.2, 0.25) is 0 Å². The number of alkyl halides is 5. The molecule has 0 radical (unpaired) electrons. The molecule has 1 saturated heterocycles. The normalized spacial score (nSPS) is 16.7. The van der Waals surface area contributed by atoms with Crippen molar-refractivity contribution in [3.05, 3.63) is 35.7 Å². The van der Waals surface area contributed by atoms with Gasteiger partial charge in [0.15, 0.2) is 17.0 Å². The maximum absolute atomic E-state index is 13.9. The Balaban J connectivity index is 1.79. The fraction of sp³-hybridized carbons (Fsp3) is 0.500. The highest BCUT2D eigenvalue weighted by atomic mass is 19.4. The van der Waals surface area contributed by atoms with E-state index in [4.69, 9.17) is 0 Å². The minimum atomic E-state index is -4.85. The molecule has 32 heavy (non-hydrogen) atoms. The molecular formula is C20H21F5N6O. The number of para-hydroxylation sites is 1. The van der Waals surface area contributed by atoms with Gasteiger partial charge in [-0.25, -0.2) is 23.4 Å². The highest BCUT2D eigenvalue weighted by Gasteiger charge is 2.40. The summed E-state index contributed by atoms with van der Waals surface area (Å²) in [5, 5.41) is 8.11. The summed E-state index contributed by atoms with van der Waals surface area (Å²) < 4.78 is 71.5. The van der Waals surface area contributed by atoms with E-state index in [9.17, 15) is 22.0 Å². The molecule has 3 heterocycles. The maximum Gasteiger partial charge on any atom is 0.573 e. The fourth-order valence-corrected chi connectivity index (χ4v) is 3.44. The molecule has 0 unspecified atom stereocenters. The van der Waals surface area contributed by atoms with Gasteiger partial charge in [0.25, 0.3) is 5.92 Å². The van der Waals surface area contributed by atoms with Crippen molar-refractivity contribution in [3.8, 4) is 5.75 Å². The van der Waals surface area contributed by atoms with Crippen LogP contribution in [-0.2, 0) is 12.0 Å². The molecule has 4 rings (SSSR count). The third-order valence-electron chi connectivity index (χ3n) is 5.00. The van der Waals surface area contributed by atoms with Crippen LogP contribution in [0, 0.1) is 0 Å². The Kier molecular flexibility index (Phi) is 5.21. The molecule has 2 aromatic heterocycles. The summed E-state index contributed by atoms with van der Waals surface area (Å²) >= 11 is 0. The average molecular weight is 456 g/mol. The van der Waals surface area contributed by atoms with Crippen molar-refractivity contribution in [2.75, 3.05) is 18.0 Å². The van der Waals surface area contributed by atoms with Crippen LogP contribution in [0.5, 0.6) is 5.75 Å². The Hall–Kier alpha value is -3.05. The van der Waals surface area contributed by atoms with Crippen molar-refractivity contribution in [1.29, 1.82) is 0 Å². The van der Waals surface area contributed by atoms with Gasteiger partial charge in [0.2, 0.25) is 0 Å². The molecule has 1 aromatic carbocycles. The SMILES string of the molecule is CC(C)(C)c1nc(N2CCC(F)(F)C2)c2nnn(Cc3ccccc3OC(F)(F)F)c2n1. The first-order valence-corrected chi connectivity index (χ1v) is 9.91. The number of rotatable bonds is 4. The number of fused-ring (bicyclic) bond motifs is 1. The lowest BCUT2D eigenvalue weighted by Gasteiger charge is -2.22. The number of nitrogens with zero attached hydrogens (tertiary/aromatic N) is 6. The van der Waals surface area contributed by atoms with Gasteiger partial charge in [-0.3, -0.25) is 0 Å². The van der Waals surface area contributed by atoms with Crippen LogP contribution >= 0.6 is 0 Å². The first-order valence-electron chi connectivity index (χ1n) is 9.91. The molecule has 0 saturated carbocycles. The molecule has 7 nitrogen and oxygen atoms in total. The molecule has 1 aliphatic heterocycles. The number of hydrogen-bond donors (Lipinski definition) is 0. The minimum absolute atomic E-state index is 0.0951. The predicted molar refractivity (Wildman–Crippen MR) is 106 cm³/mol. The maximum atomic E-state index is 13.9. The Labute approximate surface area is 180 Å². The monoisotopic (exact) mass is 456 g/mol. The van der Waals surface area contributed by atoms with Gasteiger partial charge in [-0.1, -0.05) is 44.2 Å². The van der Waals surface area contributed by atoms with Crippen molar-refractivity contribution in [1.82, 2.24) is 25.0 Å². The summed E-state index contributed by atoms with van der Waals surface area (Å²) in [4.78, 5) is 10.5. The number of anilines is 1. The van der Waals surface area contributed by atoms with Crippen LogP contribution < -0.4 is 9.64 Å². The van der Waals surface area contributed by atoms with Crippen molar-refractivity contribution in [2.45, 2.75) is 51.4 Å². The summed E-state index contributed by atoms with van der Waals surface area (Å²) in [5.41, 5.74) is 0.154. The van der Waals surface area contributed by atoms with E-state index >= 15 is 0 Å². The minimum Gasteiger partial charge on any atom is -0.405 e. The lowest BCUT2D eigenvalue weighted by molar-refractivity contribution is -0.274. The Morgan fingerprint density at radius 1 is 1.09 bits per heavy atom. The van der Waals surface area contributed by atoms with E-state index in [0.717, 1.165) is 0 Å². The molecule has 0 N–H and O–H groups in total. The van der Waals surface area contributed by atoms with Crippen molar-refractivity contribution in [3.63, 3.8) is 0 Å². The van der Waals surface area contributed by atoms with Crippen molar-refractivity contribution < 1.29 is 26.7 Å². The summed E-state index contributed by atoms with van der Waals surface area (Å²) in [6, 6.07) is 5.68. The number of benzene rings is 1. The Bertz CT molecular complexity index is 1140. The fourth-order valence-electron chi connectivity index (χ4n) is 3.44. The van der Waals surface area contributed by atoms with E-state index in [1.54, 1.807) is 6.07 Å². The smallest absolute Gasteiger partial charge is 0.405 e. The third-order valence-corrected chi connectivity index (χ3v) is 5.00. The largest absolute Gasteiger partial charge is 0.573 e. The van der Waals surface area contributed by atoms with Gasteiger partial charge >= 0.3 is 6.36 Å². The molecule has 0 aliphatic carbocycles. The molecule has 0 spiro atoms. The van der Waals surface area contributed by atoms with E-state index in [-0.39, 0.29) is 47.8 Å². The lowest BCUT2D eigenvalue weighted by atomic mass is 9.96. The van der Waals surface area contributed by atoms with Crippen LogP contribution in [0.3, 0.4) is 0 Å². The van der Waals surface area contributed by atoms with Gasteiger partial charge in [-0.15, -0.1) is 18.3 Å². The second kappa shape index (κ2) is 7.52. The number of ether oxygens (including phenoxy) is 1. The molecule has 0 atom stereocenters. The van der Waals surface area contributed by atoms with Crippen LogP contribution in [0.1, 0.15) is 38.6 Å². The van der Waals surface area contributed by atoms with Gasteiger partial charge < -0.3 is 9.64 Å². The van der Waals surface area contributed by atoms with Crippen LogP contribution in [-0.4, -0.2) is 50.3 Å². The van der Waals surface area contributed by atoms with E-state index in [1.807, 2.05) is 20.8 Å². The highest BCUT2D eigenvalue weighted by Crippen LogP contribution is 2.34. The summed E-state index contributed by atoms with van der Waals surface area (Å²) in [5.74, 6) is -2.59. The zero-order valence-corrected chi connectivity index (χ0v) is 17.6. The molecule has 12 heteroatoms. The third kappa shape index (κ3) is 4.58. The van der Waals surface area contributed by atoms with E-state index in [0.29, 0.717) is 5.82 Å². The molecule has 0 amide bonds. The van der Waals surface area contributed by atoms with E-state index in [2.05, 4.69) is 25.0 Å². The van der Waals surface area contributed by atoms with Gasteiger partial charge in [-0.05, 0) is 6.07 Å². The number of aromatic nitrogens is 5. The van der Waals surface area contributed by atoms with Crippen molar-refractivity contribution in [2.24, 2.45) is 0 Å². The zero-order valence-electron chi connectivity index (χ0n) is 17.6. The first kappa shape index (κ1) is 22.2. The molecule has 1 fully saturated rings. The van der Waals surface area contributed by atoms with Crippen LogP contribution in [0.15, 0.2) is 24.3 Å². The van der Waals surface area contributed by atoms with Crippen LogP contribution in [0.4, 0.5) is 27.8 Å². The number of halogens is 5. The quantitative estimate of drug-likeness (QED) is 0.545. The second-order valence-corrected chi connectivity index (χ2v) is 8.72. The standard InChI is InChI=1S/C20H21F5N6O/c1-18(2,3)17-26-15(30-9-8-19(21,22)11-30)14-16(27-17)31(29-28-14)10-12-6-4-5-7-13(12)32-20(23,24)25/h4-7H,8-11H2,1-3H3. The zero-order chi connectivity index (χ0) is 23.3. The van der Waals surface area contributed by atoms with Gasteiger partial charge in [-0.2, -0.15) is 0 Å². The topological polar surface area (TPSA) is 69.0 Å². The van der Waals surface area contributed by atoms with E-state index < -0.39 is 24.2 Å². The van der Waals surface area contributed by atoms with Gasteiger partial charge in [0, 0.05) is 23.9 Å². The predicted octanol–water partition coefficient (Wildman–Crippen LogP) is 4.31. The first-order chi connectivity index (χ1) is 14.8. The second-order valence-electron chi connectivity index (χ2n) is 8.72. The molecule has 0 bridgehead atoms. The van der Waals surface area contributed by atoms with Gasteiger partial charge in [0.1, 0.15) is 11.6 Å². The van der Waals surface area contributed by atoms with Gasteiger partial charge in [0.05, 0.1) is 13.1 Å². The Morgan fingerprint density at radius 3 is 2.44 bits per heavy atom. The molecule has 172 valence electrons. The summed E-state index contributed by atoms with van der Waals surface area (Å²) in [6.45, 7) is 5.10. The summed E-state index contributed by atoms with van der Waals surface area (Å²) in [7, 11) is 0. The van der Waals surface area contributed by atoms with Crippen LogP contribution in [0.25, 0.3) is 11.2 Å².